The van der Waals surface area contributed by atoms with E-state index >= 15 is 0 Å². The van der Waals surface area contributed by atoms with Crippen LogP contribution < -0.4 is 5.56 Å². The molecule has 0 radical (unpaired) electrons. The number of imidazole rings is 1. The fourth-order valence-corrected chi connectivity index (χ4v) is 4.01. The number of hydrogen-bond donors (Lipinski definition) is 0. The molecule has 0 saturated carbocycles. The Balaban J connectivity index is 1.68. The van der Waals surface area contributed by atoms with Gasteiger partial charge in [0.2, 0.25) is 0 Å². The lowest BCUT2D eigenvalue weighted by Gasteiger charge is -2.18. The molecule has 0 N–H and O–H groups in total. The molecule has 4 aromatic rings. The topological polar surface area (TPSA) is 39.8 Å². The molecule has 6 heteroatoms. The average molecular weight is 434 g/mol. The molecule has 2 aromatic carbocycles. The zero-order valence-electron chi connectivity index (χ0n) is 18.3. The van der Waals surface area contributed by atoms with Gasteiger partial charge in [-0.2, -0.15) is 0 Å². The summed E-state index contributed by atoms with van der Waals surface area (Å²) >= 11 is 0. The van der Waals surface area contributed by atoms with Gasteiger partial charge in [0.25, 0.3) is 5.56 Å². The highest BCUT2D eigenvalue weighted by molar-refractivity contribution is 5.44. The van der Waals surface area contributed by atoms with Crippen LogP contribution in [0.5, 0.6) is 0 Å². The summed E-state index contributed by atoms with van der Waals surface area (Å²) < 4.78 is 30.4. The minimum absolute atomic E-state index is 0.175. The van der Waals surface area contributed by atoms with Crippen LogP contribution in [0, 0.1) is 19.7 Å². The minimum atomic E-state index is -0.665. The van der Waals surface area contributed by atoms with Crippen LogP contribution in [0.25, 0.3) is 5.69 Å². The molecular weight excluding hydrogens is 408 g/mol. The van der Waals surface area contributed by atoms with Gasteiger partial charge in [-0.25, -0.2) is 13.8 Å². The molecule has 0 aliphatic rings. The summed E-state index contributed by atoms with van der Waals surface area (Å²) in [7, 11) is 0. The maximum absolute atomic E-state index is 13.6. The molecule has 0 saturated heterocycles. The van der Waals surface area contributed by atoms with E-state index in [1.807, 2.05) is 49.7 Å². The molecule has 0 aliphatic heterocycles. The molecule has 0 bridgehead atoms. The number of hydrogen-bond acceptors (Lipinski definition) is 2. The van der Waals surface area contributed by atoms with Gasteiger partial charge < -0.3 is 9.13 Å². The molecule has 4 rings (SSSR count). The van der Waals surface area contributed by atoms with E-state index in [1.165, 1.54) is 16.7 Å². The van der Waals surface area contributed by atoms with Crippen LogP contribution in [-0.2, 0) is 13.1 Å². The zero-order chi connectivity index (χ0) is 22.8. The molecule has 0 spiro atoms. The summed E-state index contributed by atoms with van der Waals surface area (Å²) in [5.74, 6) is -0.337. The number of aromatic nitrogens is 3. The Morgan fingerprint density at radius 3 is 2.38 bits per heavy atom. The number of alkyl halides is 1. The quantitative estimate of drug-likeness (QED) is 0.405. The predicted molar refractivity (Wildman–Crippen MR) is 122 cm³/mol. The first-order valence-electron chi connectivity index (χ1n) is 10.5. The molecule has 32 heavy (non-hydrogen) atoms. The molecule has 0 fully saturated rings. The van der Waals surface area contributed by atoms with E-state index in [2.05, 4.69) is 4.98 Å². The van der Waals surface area contributed by atoms with Crippen molar-refractivity contribution < 1.29 is 8.78 Å². The van der Waals surface area contributed by atoms with Crippen LogP contribution in [0.1, 0.15) is 46.5 Å². The summed E-state index contributed by atoms with van der Waals surface area (Å²) in [4.78, 5) is 17.5. The predicted octanol–water partition coefficient (Wildman–Crippen LogP) is 5.46. The third-order valence-corrected chi connectivity index (χ3v) is 5.74. The fraction of sp³-hybridized carbons (Fsp3) is 0.231. The number of aryl methyl sites for hydroxylation is 2. The molecule has 0 aliphatic carbocycles. The van der Waals surface area contributed by atoms with Crippen molar-refractivity contribution in [3.63, 3.8) is 0 Å². The van der Waals surface area contributed by atoms with Crippen LogP contribution >= 0.6 is 0 Å². The fourth-order valence-electron chi connectivity index (χ4n) is 4.01. The lowest BCUT2D eigenvalue weighted by molar-refractivity contribution is 0.477. The first-order valence-corrected chi connectivity index (χ1v) is 10.5. The van der Waals surface area contributed by atoms with Gasteiger partial charge in [-0.15, -0.1) is 0 Å². The van der Waals surface area contributed by atoms with Crippen molar-refractivity contribution in [1.29, 1.82) is 0 Å². The van der Waals surface area contributed by atoms with Crippen molar-refractivity contribution in [1.82, 2.24) is 14.1 Å². The Morgan fingerprint density at radius 2 is 1.75 bits per heavy atom. The van der Waals surface area contributed by atoms with Crippen molar-refractivity contribution in [3.8, 4) is 5.69 Å². The first-order chi connectivity index (χ1) is 15.4. The van der Waals surface area contributed by atoms with Crippen LogP contribution in [-0.4, -0.2) is 14.1 Å². The van der Waals surface area contributed by atoms with E-state index < -0.39 is 6.67 Å². The number of rotatable bonds is 6. The van der Waals surface area contributed by atoms with Gasteiger partial charge in [-0.1, -0.05) is 24.3 Å². The van der Waals surface area contributed by atoms with E-state index in [0.717, 1.165) is 28.1 Å². The summed E-state index contributed by atoms with van der Waals surface area (Å²) in [6, 6.07) is 13.3. The average Bonchev–Trinajstić information content (AvgIpc) is 3.21. The summed E-state index contributed by atoms with van der Waals surface area (Å²) in [5, 5.41) is 0. The lowest BCUT2D eigenvalue weighted by Crippen LogP contribution is -2.27. The molecule has 4 nitrogen and oxygen atoms in total. The van der Waals surface area contributed by atoms with Gasteiger partial charge in [-0.3, -0.25) is 4.79 Å². The van der Waals surface area contributed by atoms with E-state index in [4.69, 9.17) is 0 Å². The SMILES string of the molecule is Cc1cn(-c2ccc(Cc3cc(CF)cn([C@@H](C)c4ccc(F)cc4)c3=O)cc2C)cn1. The molecular formula is C26H25F2N3O. The Bertz CT molecular complexity index is 1310. The molecule has 0 unspecified atom stereocenters. The molecule has 2 heterocycles. The number of pyridine rings is 1. The summed E-state index contributed by atoms with van der Waals surface area (Å²) in [6.07, 6.45) is 5.68. The molecule has 2 aromatic heterocycles. The normalized spacial score (nSPS) is 12.2. The Morgan fingerprint density at radius 1 is 1.00 bits per heavy atom. The monoisotopic (exact) mass is 433 g/mol. The highest BCUT2D eigenvalue weighted by Gasteiger charge is 2.15. The third-order valence-electron chi connectivity index (χ3n) is 5.74. The van der Waals surface area contributed by atoms with Gasteiger partial charge in [0.05, 0.1) is 18.1 Å². The van der Waals surface area contributed by atoms with Crippen LogP contribution in [0.2, 0.25) is 0 Å². The summed E-state index contributed by atoms with van der Waals surface area (Å²) in [6.45, 7) is 5.14. The molecule has 0 amide bonds. The van der Waals surface area contributed by atoms with Gasteiger partial charge in [0.1, 0.15) is 12.5 Å². The van der Waals surface area contributed by atoms with Crippen molar-refractivity contribution in [2.75, 3.05) is 0 Å². The summed E-state index contributed by atoms with van der Waals surface area (Å²) in [5.41, 5.74) is 5.56. The Hall–Kier alpha value is -3.54. The second kappa shape index (κ2) is 8.91. The van der Waals surface area contributed by atoms with E-state index in [0.29, 0.717) is 17.5 Å². The van der Waals surface area contributed by atoms with Crippen molar-refractivity contribution in [2.24, 2.45) is 0 Å². The van der Waals surface area contributed by atoms with E-state index in [-0.39, 0.29) is 17.4 Å². The highest BCUT2D eigenvalue weighted by atomic mass is 19.1. The number of benzene rings is 2. The third kappa shape index (κ3) is 4.40. The lowest BCUT2D eigenvalue weighted by atomic mass is 10.0. The molecule has 164 valence electrons. The Labute approximate surface area is 185 Å². The van der Waals surface area contributed by atoms with Gasteiger partial charge in [0, 0.05) is 30.1 Å². The second-order valence-electron chi connectivity index (χ2n) is 8.17. The number of nitrogens with zero attached hydrogens (tertiary/aromatic N) is 3. The second-order valence-corrected chi connectivity index (χ2v) is 8.17. The van der Waals surface area contributed by atoms with Crippen LogP contribution in [0.4, 0.5) is 8.78 Å². The van der Waals surface area contributed by atoms with Crippen LogP contribution in [0.15, 0.2) is 72.0 Å². The van der Waals surface area contributed by atoms with Crippen LogP contribution in [0.3, 0.4) is 0 Å². The smallest absolute Gasteiger partial charge is 0.254 e. The van der Waals surface area contributed by atoms with Crippen molar-refractivity contribution in [2.45, 2.75) is 39.9 Å². The first kappa shape index (κ1) is 21.7. The van der Waals surface area contributed by atoms with Crippen molar-refractivity contribution >= 4 is 0 Å². The van der Waals surface area contributed by atoms with E-state index in [9.17, 15) is 13.6 Å². The standard InChI is InChI=1S/C26H25F2N3O/c1-17-10-20(4-9-25(17)30-14-18(2)29-16-30)11-23-12-21(13-27)15-31(26(23)32)19(3)22-5-7-24(28)8-6-22/h4-10,12,14-16,19H,11,13H2,1-3H3/t19-/m0/s1. The maximum Gasteiger partial charge on any atom is 0.254 e. The number of halogens is 2. The largest absolute Gasteiger partial charge is 0.308 e. The van der Waals surface area contributed by atoms with Crippen molar-refractivity contribution in [3.05, 3.63) is 117 Å². The highest BCUT2D eigenvalue weighted by Crippen LogP contribution is 2.21. The minimum Gasteiger partial charge on any atom is -0.308 e. The van der Waals surface area contributed by atoms with Gasteiger partial charge in [0.15, 0.2) is 0 Å². The zero-order valence-corrected chi connectivity index (χ0v) is 18.3. The van der Waals surface area contributed by atoms with Gasteiger partial charge >= 0.3 is 0 Å². The van der Waals surface area contributed by atoms with Gasteiger partial charge in [-0.05, 0) is 67.3 Å². The van der Waals surface area contributed by atoms with E-state index in [1.54, 1.807) is 30.7 Å². The Kier molecular flexibility index (Phi) is 6.04. The maximum atomic E-state index is 13.6. The molecule has 1 atom stereocenters.